The molecule has 0 bridgehead atoms. The van der Waals surface area contributed by atoms with E-state index in [1.54, 1.807) is 33.9 Å². The van der Waals surface area contributed by atoms with Crippen molar-refractivity contribution in [1.82, 2.24) is 15.6 Å². The molecule has 3 atom stereocenters. The van der Waals surface area contributed by atoms with Gasteiger partial charge in [-0.3, -0.25) is 14.4 Å². The average molecular weight is 614 g/mol. The Bertz CT molecular complexity index is 1470. The van der Waals surface area contributed by atoms with Crippen molar-refractivity contribution >= 4 is 35.4 Å². The number of hydrogen-bond acceptors (Lipinski definition) is 7. The molecule has 2 N–H and O–H groups in total. The van der Waals surface area contributed by atoms with Crippen LogP contribution in [0, 0.1) is 35.3 Å². The molecule has 1 aliphatic heterocycles. The number of hydrogen-bond donors (Lipinski definition) is 2. The lowest BCUT2D eigenvalue weighted by atomic mass is 9.84. The van der Waals surface area contributed by atoms with Gasteiger partial charge in [-0.05, 0) is 88.9 Å². The molecule has 0 aromatic heterocycles. The number of likely N-dealkylation sites (tertiary alicyclic amines) is 1. The fraction of sp³-hybridized carbons (Fsp3) is 0.387. The molecule has 2 amide bonds. The van der Waals surface area contributed by atoms with Crippen LogP contribution < -0.4 is 15.5 Å². The van der Waals surface area contributed by atoms with Crippen LogP contribution in [-0.2, 0) is 9.59 Å². The van der Waals surface area contributed by atoms with Crippen molar-refractivity contribution in [3.05, 3.63) is 75.5 Å². The molecule has 2 aromatic carbocycles. The highest BCUT2D eigenvalue weighted by Crippen LogP contribution is 2.44. The number of aryl methyl sites for hydroxylation is 1. The highest BCUT2D eigenvalue weighted by Gasteiger charge is 2.46. The van der Waals surface area contributed by atoms with Gasteiger partial charge in [-0.25, -0.2) is 8.78 Å². The largest absolute Gasteiger partial charge is 0.450 e. The number of hydrazone groups is 1. The molecule has 1 aliphatic rings. The second-order valence-corrected chi connectivity index (χ2v) is 11.4. The first kappa shape index (κ1) is 33.2. The van der Waals surface area contributed by atoms with Crippen molar-refractivity contribution in [2.45, 2.75) is 65.6 Å². The van der Waals surface area contributed by atoms with Crippen LogP contribution in [0.1, 0.15) is 68.1 Å². The van der Waals surface area contributed by atoms with Crippen LogP contribution in [0.15, 0.2) is 47.3 Å². The molecule has 0 spiro atoms. The summed E-state index contributed by atoms with van der Waals surface area (Å²) in [6, 6.07) is 6.45. The standard InChI is InChI=1S/C31H34ClF2N5O4/c1-17-9-21(13-25(34)28(17)43-24(15-40)10-18(2)38-36-6)29(41)37-19(3)30(42)39-26(7-8-27(39)31(4,5)16-35)20-11-22(32)14-23(33)12-20/h9-15,19,26-27,36H,7-8H2,1-6H3,(H,37,41)/b24-10+,38-18-/t19-,26?,27?/m1/s1. The number of carbonyl (C=O) groups is 3. The first-order valence-electron chi connectivity index (χ1n) is 13.6. The Labute approximate surface area is 254 Å². The molecule has 0 saturated carbocycles. The van der Waals surface area contributed by atoms with Gasteiger partial charge in [-0.1, -0.05) is 11.6 Å². The Morgan fingerprint density at radius 3 is 2.51 bits per heavy atom. The van der Waals surface area contributed by atoms with Crippen LogP contribution in [-0.4, -0.2) is 47.8 Å². The number of benzene rings is 2. The van der Waals surface area contributed by atoms with Crippen LogP contribution in [0.5, 0.6) is 5.75 Å². The summed E-state index contributed by atoms with van der Waals surface area (Å²) in [4.78, 5) is 40.0. The third kappa shape index (κ3) is 7.76. The van der Waals surface area contributed by atoms with Crippen LogP contribution in [0.3, 0.4) is 0 Å². The van der Waals surface area contributed by atoms with Crippen molar-refractivity contribution in [2.24, 2.45) is 10.5 Å². The van der Waals surface area contributed by atoms with Gasteiger partial charge in [0, 0.05) is 23.7 Å². The molecule has 2 unspecified atom stereocenters. The van der Waals surface area contributed by atoms with Gasteiger partial charge in [0.25, 0.3) is 5.91 Å². The molecular weight excluding hydrogens is 580 g/mol. The Balaban J connectivity index is 1.86. The Morgan fingerprint density at radius 1 is 1.23 bits per heavy atom. The van der Waals surface area contributed by atoms with E-state index in [1.165, 1.54) is 43.0 Å². The molecular formula is C31H34ClF2N5O4. The summed E-state index contributed by atoms with van der Waals surface area (Å²) in [6.07, 6.45) is 2.67. The molecule has 0 aliphatic carbocycles. The molecule has 3 rings (SSSR count). The third-order valence-electron chi connectivity index (χ3n) is 7.22. The average Bonchev–Trinajstić information content (AvgIpc) is 3.39. The number of allylic oxidation sites excluding steroid dienone is 2. The van der Waals surface area contributed by atoms with Gasteiger partial charge in [0.15, 0.2) is 23.6 Å². The summed E-state index contributed by atoms with van der Waals surface area (Å²) in [6.45, 7) is 8.05. The monoisotopic (exact) mass is 613 g/mol. The Kier molecular flexibility index (Phi) is 10.6. The first-order valence-corrected chi connectivity index (χ1v) is 14.0. The Morgan fingerprint density at radius 2 is 1.93 bits per heavy atom. The number of nitrogens with one attached hydrogen (secondary N) is 2. The summed E-state index contributed by atoms with van der Waals surface area (Å²) in [5.74, 6) is -3.09. The van der Waals surface area contributed by atoms with Crippen molar-refractivity contribution in [2.75, 3.05) is 7.05 Å². The van der Waals surface area contributed by atoms with E-state index in [4.69, 9.17) is 16.3 Å². The predicted molar refractivity (Wildman–Crippen MR) is 158 cm³/mol. The normalized spacial score (nSPS) is 18.1. The maximum absolute atomic E-state index is 15.1. The first-order chi connectivity index (χ1) is 20.2. The highest BCUT2D eigenvalue weighted by molar-refractivity contribution is 6.30. The van der Waals surface area contributed by atoms with E-state index >= 15 is 4.39 Å². The van der Waals surface area contributed by atoms with E-state index < -0.39 is 47.0 Å². The minimum atomic E-state index is -1.08. The predicted octanol–water partition coefficient (Wildman–Crippen LogP) is 5.38. The zero-order chi connectivity index (χ0) is 32.1. The van der Waals surface area contributed by atoms with E-state index in [-0.39, 0.29) is 27.7 Å². The Hall–Kier alpha value is -4.30. The summed E-state index contributed by atoms with van der Waals surface area (Å²) in [5, 5.41) is 16.5. The van der Waals surface area contributed by atoms with E-state index in [9.17, 15) is 24.0 Å². The quantitative estimate of drug-likeness (QED) is 0.122. The van der Waals surface area contributed by atoms with E-state index in [0.717, 1.165) is 6.07 Å². The molecule has 9 nitrogen and oxygen atoms in total. The maximum atomic E-state index is 15.1. The third-order valence-corrected chi connectivity index (χ3v) is 7.43. The minimum Gasteiger partial charge on any atom is -0.450 e. The summed E-state index contributed by atoms with van der Waals surface area (Å²) < 4.78 is 34.8. The lowest BCUT2D eigenvalue weighted by Crippen LogP contribution is -2.52. The zero-order valence-corrected chi connectivity index (χ0v) is 25.6. The number of nitriles is 1. The van der Waals surface area contributed by atoms with Gasteiger partial charge >= 0.3 is 0 Å². The van der Waals surface area contributed by atoms with Gasteiger partial charge in [0.1, 0.15) is 11.9 Å². The highest BCUT2D eigenvalue weighted by atomic mass is 35.5. The van der Waals surface area contributed by atoms with Crippen LogP contribution in [0.25, 0.3) is 0 Å². The molecule has 228 valence electrons. The van der Waals surface area contributed by atoms with Gasteiger partial charge in [-0.2, -0.15) is 10.4 Å². The van der Waals surface area contributed by atoms with Crippen molar-refractivity contribution in [1.29, 1.82) is 5.26 Å². The lowest BCUT2D eigenvalue weighted by molar-refractivity contribution is -0.137. The SMILES string of the molecule is CN/N=C(C)\C=C(/C=O)Oc1c(C)cc(C(=O)N[C@H](C)C(=O)N2C(c3cc(F)cc(Cl)c3)CCC2C(C)(C)C#N)cc1F. The van der Waals surface area contributed by atoms with Crippen molar-refractivity contribution < 1.29 is 27.9 Å². The zero-order valence-electron chi connectivity index (χ0n) is 24.8. The number of amides is 2. The molecule has 1 heterocycles. The molecule has 1 saturated heterocycles. The number of carbonyl (C=O) groups excluding carboxylic acids is 3. The van der Waals surface area contributed by atoms with Crippen LogP contribution in [0.4, 0.5) is 8.78 Å². The van der Waals surface area contributed by atoms with Crippen LogP contribution in [0.2, 0.25) is 5.02 Å². The number of nitrogens with zero attached hydrogens (tertiary/aromatic N) is 3. The molecule has 43 heavy (non-hydrogen) atoms. The van der Waals surface area contributed by atoms with Crippen LogP contribution >= 0.6 is 11.6 Å². The van der Waals surface area contributed by atoms with Gasteiger partial charge in [-0.15, -0.1) is 0 Å². The van der Waals surface area contributed by atoms with E-state index in [2.05, 4.69) is 21.9 Å². The van der Waals surface area contributed by atoms with E-state index in [1.807, 2.05) is 0 Å². The summed E-state index contributed by atoms with van der Waals surface area (Å²) in [7, 11) is 1.58. The lowest BCUT2D eigenvalue weighted by Gasteiger charge is -2.38. The van der Waals surface area contributed by atoms with Crippen molar-refractivity contribution in [3.8, 4) is 11.8 Å². The molecule has 12 heteroatoms. The smallest absolute Gasteiger partial charge is 0.252 e. The number of ether oxygens (including phenoxy) is 1. The van der Waals surface area contributed by atoms with Gasteiger partial charge in [0.05, 0.1) is 29.3 Å². The fourth-order valence-corrected chi connectivity index (χ4v) is 5.40. The number of halogens is 3. The number of aldehydes is 1. The number of rotatable bonds is 10. The van der Waals surface area contributed by atoms with Crippen molar-refractivity contribution in [3.63, 3.8) is 0 Å². The second-order valence-electron chi connectivity index (χ2n) is 10.9. The summed E-state index contributed by atoms with van der Waals surface area (Å²) in [5.41, 5.74) is 2.69. The summed E-state index contributed by atoms with van der Waals surface area (Å²) >= 11 is 6.10. The second kappa shape index (κ2) is 13.8. The fourth-order valence-electron chi connectivity index (χ4n) is 5.17. The maximum Gasteiger partial charge on any atom is 0.252 e. The molecule has 2 aromatic rings. The van der Waals surface area contributed by atoms with E-state index in [0.29, 0.717) is 30.4 Å². The minimum absolute atomic E-state index is 0.0738. The molecule has 0 radical (unpaired) electrons. The topological polar surface area (TPSA) is 124 Å². The van der Waals surface area contributed by atoms with Gasteiger partial charge in [0.2, 0.25) is 5.91 Å². The van der Waals surface area contributed by atoms with Gasteiger partial charge < -0.3 is 20.4 Å². The molecule has 1 fully saturated rings.